The summed E-state index contributed by atoms with van der Waals surface area (Å²) < 4.78 is 5.24. The van der Waals surface area contributed by atoms with E-state index in [-0.39, 0.29) is 23.7 Å². The summed E-state index contributed by atoms with van der Waals surface area (Å²) in [5, 5.41) is 2.69. The van der Waals surface area contributed by atoms with Crippen molar-refractivity contribution in [2.75, 3.05) is 5.32 Å². The average Bonchev–Trinajstić information content (AvgIpc) is 2.92. The molecule has 1 aliphatic heterocycles. The van der Waals surface area contributed by atoms with Crippen LogP contribution in [0.3, 0.4) is 0 Å². The van der Waals surface area contributed by atoms with Gasteiger partial charge in [-0.05, 0) is 51.3 Å². The number of anilines is 1. The van der Waals surface area contributed by atoms with Crippen molar-refractivity contribution >= 4 is 29.4 Å². The number of ether oxygens (including phenoxy) is 1. The van der Waals surface area contributed by atoms with Gasteiger partial charge in [0.05, 0.1) is 11.8 Å². The van der Waals surface area contributed by atoms with Crippen molar-refractivity contribution in [3.8, 4) is 0 Å². The van der Waals surface area contributed by atoms with Crippen LogP contribution in [-0.2, 0) is 23.9 Å². The zero-order chi connectivity index (χ0) is 20.4. The summed E-state index contributed by atoms with van der Waals surface area (Å²) in [5.74, 6) is -2.46. The van der Waals surface area contributed by atoms with Crippen LogP contribution in [0.25, 0.3) is 0 Å². The van der Waals surface area contributed by atoms with Crippen LogP contribution in [0, 0.1) is 18.8 Å². The molecule has 0 spiro atoms. The first-order chi connectivity index (χ1) is 13.3. The van der Waals surface area contributed by atoms with E-state index in [9.17, 15) is 19.2 Å². The number of hydrogen-bond donors (Lipinski definition) is 1. The number of nitrogens with one attached hydrogen (secondary N) is 1. The Morgan fingerprint density at radius 3 is 2.29 bits per heavy atom. The molecule has 1 heterocycles. The number of fused-ring (bicyclic) bond motifs is 1. The first-order valence-electron chi connectivity index (χ1n) is 9.74. The second-order valence-corrected chi connectivity index (χ2v) is 7.66. The van der Waals surface area contributed by atoms with E-state index < -0.39 is 24.0 Å². The van der Waals surface area contributed by atoms with Crippen molar-refractivity contribution in [1.82, 2.24) is 4.90 Å². The van der Waals surface area contributed by atoms with Crippen LogP contribution in [0.1, 0.15) is 45.1 Å². The maximum absolute atomic E-state index is 12.6. The van der Waals surface area contributed by atoms with Gasteiger partial charge >= 0.3 is 5.97 Å². The van der Waals surface area contributed by atoms with Gasteiger partial charge in [0.2, 0.25) is 11.8 Å². The molecule has 2 fully saturated rings. The van der Waals surface area contributed by atoms with Crippen LogP contribution in [0.4, 0.5) is 5.69 Å². The Kier molecular flexibility index (Phi) is 5.82. The number of carbonyl (C=O) groups excluding carboxylic acids is 4. The van der Waals surface area contributed by atoms with Gasteiger partial charge < -0.3 is 10.1 Å². The number of nitrogens with zero attached hydrogens (tertiary/aromatic N) is 1. The van der Waals surface area contributed by atoms with Gasteiger partial charge in [0.25, 0.3) is 5.91 Å². The van der Waals surface area contributed by atoms with Gasteiger partial charge in [-0.2, -0.15) is 0 Å². The van der Waals surface area contributed by atoms with Crippen molar-refractivity contribution in [1.29, 1.82) is 0 Å². The van der Waals surface area contributed by atoms with Gasteiger partial charge in [-0.15, -0.1) is 0 Å². The molecule has 1 saturated heterocycles. The molecular formula is C21H26N2O5. The second kappa shape index (κ2) is 8.12. The van der Waals surface area contributed by atoms with Crippen LogP contribution in [0.5, 0.6) is 0 Å². The molecule has 1 N–H and O–H groups in total. The van der Waals surface area contributed by atoms with E-state index in [0.29, 0.717) is 18.5 Å². The maximum Gasteiger partial charge on any atom is 0.329 e. The highest BCUT2D eigenvalue weighted by Gasteiger charge is 2.51. The molecule has 0 aromatic heterocycles. The first-order valence-corrected chi connectivity index (χ1v) is 9.74. The molecule has 1 aromatic rings. The summed E-state index contributed by atoms with van der Waals surface area (Å²) in [6.45, 7) is 4.84. The quantitative estimate of drug-likeness (QED) is 0.620. The third-order valence-electron chi connectivity index (χ3n) is 5.55. The molecule has 4 atom stereocenters. The normalized spacial score (nSPS) is 23.8. The predicted molar refractivity (Wildman–Crippen MR) is 102 cm³/mol. The number of hydrogen-bond acceptors (Lipinski definition) is 5. The number of benzene rings is 1. The zero-order valence-corrected chi connectivity index (χ0v) is 16.4. The Labute approximate surface area is 164 Å². The minimum absolute atomic E-state index is 0.295. The lowest BCUT2D eigenvalue weighted by Crippen LogP contribution is -2.46. The topological polar surface area (TPSA) is 92.8 Å². The highest BCUT2D eigenvalue weighted by Crippen LogP contribution is 2.38. The van der Waals surface area contributed by atoms with E-state index >= 15 is 0 Å². The summed E-state index contributed by atoms with van der Waals surface area (Å²) >= 11 is 0. The molecule has 150 valence electrons. The first kappa shape index (κ1) is 20.0. The van der Waals surface area contributed by atoms with Gasteiger partial charge in [0, 0.05) is 5.69 Å². The highest BCUT2D eigenvalue weighted by atomic mass is 16.5. The van der Waals surface area contributed by atoms with Crippen LogP contribution in [0.15, 0.2) is 24.3 Å². The molecule has 0 radical (unpaired) electrons. The standard InChI is InChI=1S/C21H26N2O5/c1-12-7-6-8-15(11-12)22-18(24)14(3)28-21(27)13(2)23-19(25)16-9-4-5-10-17(16)20(23)26/h6-8,11,13-14,16-17H,4-5,9-10H2,1-3H3,(H,22,24). The lowest BCUT2D eigenvalue weighted by Gasteiger charge is -2.23. The molecule has 1 aromatic carbocycles. The number of imide groups is 1. The van der Waals surface area contributed by atoms with E-state index in [4.69, 9.17) is 4.74 Å². The highest BCUT2D eigenvalue weighted by molar-refractivity contribution is 6.08. The van der Waals surface area contributed by atoms with E-state index in [1.54, 1.807) is 12.1 Å². The average molecular weight is 386 g/mol. The monoisotopic (exact) mass is 386 g/mol. The smallest absolute Gasteiger partial charge is 0.329 e. The van der Waals surface area contributed by atoms with Crippen LogP contribution in [0.2, 0.25) is 0 Å². The van der Waals surface area contributed by atoms with Gasteiger partial charge in [-0.1, -0.05) is 25.0 Å². The Morgan fingerprint density at radius 1 is 1.11 bits per heavy atom. The maximum atomic E-state index is 12.6. The molecule has 1 aliphatic carbocycles. The molecule has 7 heteroatoms. The van der Waals surface area contributed by atoms with Crippen LogP contribution < -0.4 is 5.32 Å². The molecule has 3 rings (SSSR count). The van der Waals surface area contributed by atoms with Crippen molar-refractivity contribution < 1.29 is 23.9 Å². The van der Waals surface area contributed by atoms with Crippen molar-refractivity contribution in [3.05, 3.63) is 29.8 Å². The van der Waals surface area contributed by atoms with Crippen LogP contribution >= 0.6 is 0 Å². The summed E-state index contributed by atoms with van der Waals surface area (Å²) in [4.78, 5) is 51.1. The predicted octanol–water partition coefficient (Wildman–Crippen LogP) is 2.43. The van der Waals surface area contributed by atoms with E-state index in [1.165, 1.54) is 13.8 Å². The summed E-state index contributed by atoms with van der Waals surface area (Å²) in [6.07, 6.45) is 2.16. The molecule has 3 amide bonds. The third-order valence-corrected chi connectivity index (χ3v) is 5.55. The number of carbonyl (C=O) groups is 4. The number of amides is 3. The van der Waals surface area contributed by atoms with Gasteiger partial charge in [0.1, 0.15) is 6.04 Å². The number of esters is 1. The molecule has 0 bridgehead atoms. The molecule has 1 saturated carbocycles. The largest absolute Gasteiger partial charge is 0.451 e. The summed E-state index contributed by atoms with van der Waals surface area (Å²) in [5.41, 5.74) is 1.60. The molecular weight excluding hydrogens is 360 g/mol. The van der Waals surface area contributed by atoms with Crippen molar-refractivity contribution in [3.63, 3.8) is 0 Å². The lowest BCUT2D eigenvalue weighted by molar-refractivity contribution is -0.163. The second-order valence-electron chi connectivity index (χ2n) is 7.66. The van der Waals surface area contributed by atoms with E-state index in [0.717, 1.165) is 23.3 Å². The number of likely N-dealkylation sites (tertiary alicyclic amines) is 1. The van der Waals surface area contributed by atoms with Gasteiger partial charge in [-0.3, -0.25) is 19.3 Å². The fourth-order valence-electron chi connectivity index (χ4n) is 3.97. The summed E-state index contributed by atoms with van der Waals surface area (Å²) in [7, 11) is 0. The zero-order valence-electron chi connectivity index (χ0n) is 16.4. The fraction of sp³-hybridized carbons (Fsp3) is 0.524. The van der Waals surface area contributed by atoms with E-state index in [1.807, 2.05) is 19.1 Å². The van der Waals surface area contributed by atoms with Crippen molar-refractivity contribution in [2.45, 2.75) is 58.6 Å². The molecule has 28 heavy (non-hydrogen) atoms. The minimum atomic E-state index is -1.05. The van der Waals surface area contributed by atoms with Crippen LogP contribution in [-0.4, -0.2) is 40.7 Å². The van der Waals surface area contributed by atoms with E-state index in [2.05, 4.69) is 5.32 Å². The summed E-state index contributed by atoms with van der Waals surface area (Å²) in [6, 6.07) is 6.22. The number of rotatable bonds is 5. The SMILES string of the molecule is Cc1cccc(NC(=O)C(C)OC(=O)C(C)N2C(=O)C3CCCCC3C2=O)c1. The molecule has 7 nitrogen and oxygen atoms in total. The Bertz CT molecular complexity index is 782. The van der Waals surface area contributed by atoms with Crippen molar-refractivity contribution in [2.24, 2.45) is 11.8 Å². The van der Waals surface area contributed by atoms with Gasteiger partial charge in [0.15, 0.2) is 6.10 Å². The Morgan fingerprint density at radius 2 is 1.71 bits per heavy atom. The molecule has 4 unspecified atom stereocenters. The Balaban J connectivity index is 1.61. The Hall–Kier alpha value is -2.70. The van der Waals surface area contributed by atoms with Gasteiger partial charge in [-0.25, -0.2) is 4.79 Å². The fourth-order valence-corrected chi connectivity index (χ4v) is 3.97. The molecule has 2 aliphatic rings. The minimum Gasteiger partial charge on any atom is -0.451 e. The lowest BCUT2D eigenvalue weighted by atomic mass is 9.81. The third kappa shape index (κ3) is 3.93. The number of aryl methyl sites for hydroxylation is 1.